The highest BCUT2D eigenvalue weighted by Gasteiger charge is 2.27. The molecule has 1 aliphatic rings. The average molecular weight is 431 g/mol. The van der Waals surface area contributed by atoms with Crippen molar-refractivity contribution in [3.63, 3.8) is 0 Å². The van der Waals surface area contributed by atoms with E-state index in [0.29, 0.717) is 13.1 Å². The molecule has 1 aromatic carbocycles. The molecule has 2 aromatic rings. The van der Waals surface area contributed by atoms with Gasteiger partial charge in [0.05, 0.1) is 37.6 Å². The van der Waals surface area contributed by atoms with Gasteiger partial charge in [-0.05, 0) is 43.3 Å². The second-order valence-electron chi connectivity index (χ2n) is 8.16. The maximum absolute atomic E-state index is 12.8. The predicted molar refractivity (Wildman–Crippen MR) is 121 cm³/mol. The minimum absolute atomic E-state index is 0.0414. The van der Waals surface area contributed by atoms with Gasteiger partial charge in [0.15, 0.2) is 13.1 Å². The molecule has 3 N–H and O–H groups in total. The smallest absolute Gasteiger partial charge is 0.279 e. The van der Waals surface area contributed by atoms with E-state index in [4.69, 9.17) is 0 Å². The minimum Gasteiger partial charge on any atom is -0.327 e. The number of nitrogens with one attached hydrogen (secondary N) is 3. The Kier molecular flexibility index (Phi) is 8.01. The molecule has 1 aromatic heterocycles. The van der Waals surface area contributed by atoms with Crippen LogP contribution in [-0.4, -0.2) is 62.5 Å². The van der Waals surface area contributed by atoms with Gasteiger partial charge in [0.25, 0.3) is 11.8 Å². The topological polar surface area (TPSA) is 58.3 Å². The number of amides is 2. The van der Waals surface area contributed by atoms with Gasteiger partial charge in [-0.15, -0.1) is 11.3 Å². The third-order valence-corrected chi connectivity index (χ3v) is 6.76. The number of hydrogen-bond acceptors (Lipinski definition) is 3. The third-order valence-electron chi connectivity index (χ3n) is 5.88. The summed E-state index contributed by atoms with van der Waals surface area (Å²) in [5.74, 6) is 0.266. The van der Waals surface area contributed by atoms with Gasteiger partial charge in [-0.2, -0.15) is 0 Å². The number of piperazine rings is 1. The van der Waals surface area contributed by atoms with Gasteiger partial charge >= 0.3 is 0 Å². The number of nitrogens with zero attached hydrogens (tertiary/aromatic N) is 1. The van der Waals surface area contributed by atoms with Crippen LogP contribution < -0.4 is 15.1 Å². The van der Waals surface area contributed by atoms with Gasteiger partial charge < -0.3 is 20.0 Å². The molecule has 30 heavy (non-hydrogen) atoms. The molecule has 1 atom stereocenters. The number of carbonyl (C=O) groups is 2. The number of anilines is 1. The Morgan fingerprint density at radius 3 is 2.43 bits per heavy atom. The molecule has 0 radical (unpaired) electrons. The molecule has 6 nitrogen and oxygen atoms in total. The van der Waals surface area contributed by atoms with E-state index in [1.54, 1.807) is 11.3 Å². The molecule has 2 heterocycles. The fourth-order valence-corrected chi connectivity index (χ4v) is 4.75. The largest absolute Gasteiger partial charge is 0.327 e. The normalized spacial score (nSPS) is 15.8. The van der Waals surface area contributed by atoms with E-state index < -0.39 is 0 Å². The molecule has 2 amide bonds. The molecule has 162 valence electrons. The van der Waals surface area contributed by atoms with E-state index in [9.17, 15) is 9.59 Å². The predicted octanol–water partition coefficient (Wildman–Crippen LogP) is 0.136. The molecule has 0 saturated carbocycles. The third kappa shape index (κ3) is 6.14. The summed E-state index contributed by atoms with van der Waals surface area (Å²) in [5.41, 5.74) is 3.09. The maximum atomic E-state index is 12.8. The summed E-state index contributed by atoms with van der Waals surface area (Å²) in [6, 6.07) is 10.2. The number of quaternary nitrogens is 2. The molecule has 0 bridgehead atoms. The van der Waals surface area contributed by atoms with Crippen LogP contribution in [0.25, 0.3) is 0 Å². The number of para-hydroxylation sites is 1. The Morgan fingerprint density at radius 1 is 1.13 bits per heavy atom. The lowest BCUT2D eigenvalue weighted by molar-refractivity contribution is -0.905. The lowest BCUT2D eigenvalue weighted by Gasteiger charge is -2.32. The highest BCUT2D eigenvalue weighted by atomic mass is 32.1. The lowest BCUT2D eigenvalue weighted by atomic mass is 10.1. The van der Waals surface area contributed by atoms with Crippen molar-refractivity contribution in [1.82, 2.24) is 4.90 Å². The molecule has 7 heteroatoms. The Bertz CT molecular complexity index is 825. The van der Waals surface area contributed by atoms with Crippen LogP contribution >= 0.6 is 11.3 Å². The van der Waals surface area contributed by atoms with Gasteiger partial charge in [0.2, 0.25) is 0 Å². The molecular weight excluding hydrogens is 396 g/mol. The van der Waals surface area contributed by atoms with Crippen molar-refractivity contribution >= 4 is 28.8 Å². The van der Waals surface area contributed by atoms with Crippen LogP contribution in [-0.2, 0) is 16.1 Å². The van der Waals surface area contributed by atoms with Crippen molar-refractivity contribution in [2.75, 3.05) is 51.1 Å². The average Bonchev–Trinajstić information content (AvgIpc) is 3.24. The van der Waals surface area contributed by atoms with E-state index in [-0.39, 0.29) is 11.8 Å². The quantitative estimate of drug-likeness (QED) is 0.558. The number of hydrogen-bond donors (Lipinski definition) is 3. The van der Waals surface area contributed by atoms with Crippen LogP contribution in [0.15, 0.2) is 35.7 Å². The van der Waals surface area contributed by atoms with Crippen LogP contribution in [0.3, 0.4) is 0 Å². The summed E-state index contributed by atoms with van der Waals surface area (Å²) in [6.45, 7) is 12.1. The van der Waals surface area contributed by atoms with Gasteiger partial charge in [-0.1, -0.05) is 24.3 Å². The molecular formula is C23H34N4O2S+2. The lowest BCUT2D eigenvalue weighted by Crippen LogP contribution is -3.16. The second-order valence-corrected chi connectivity index (χ2v) is 9.19. The van der Waals surface area contributed by atoms with Crippen molar-refractivity contribution in [1.29, 1.82) is 0 Å². The Balaban J connectivity index is 1.43. The van der Waals surface area contributed by atoms with E-state index in [0.717, 1.165) is 56.1 Å². The van der Waals surface area contributed by atoms with E-state index in [2.05, 4.69) is 29.8 Å². The number of thiophene rings is 1. The fourth-order valence-electron chi connectivity index (χ4n) is 3.97. The van der Waals surface area contributed by atoms with Gasteiger partial charge in [-0.25, -0.2) is 0 Å². The molecule has 3 rings (SSSR count). The summed E-state index contributed by atoms with van der Waals surface area (Å²) in [7, 11) is 0. The standard InChI is InChI=1S/C23H32N4O2S/c1-4-25(15-20-9-6-14-30-20)17-22(29)27-12-10-26(11-13-27)16-21(28)24-23-18(2)7-5-8-19(23)3/h5-9,14H,4,10-13,15-17H2,1-3H3,(H,24,28)/p+2. The SMILES string of the molecule is CC[NH+](CC(=O)N1CC[NH+](CC(=O)Nc2c(C)cccc2C)CC1)Cc1cccs1. The minimum atomic E-state index is 0.0414. The number of carbonyl (C=O) groups excluding carboxylic acids is 2. The molecule has 0 spiro atoms. The highest BCUT2D eigenvalue weighted by molar-refractivity contribution is 7.09. The van der Waals surface area contributed by atoms with Gasteiger partial charge in [0, 0.05) is 5.69 Å². The molecule has 1 saturated heterocycles. The summed E-state index contributed by atoms with van der Waals surface area (Å²) in [5, 5.41) is 5.16. The zero-order valence-corrected chi connectivity index (χ0v) is 19.1. The Labute approximate surface area is 183 Å². The summed E-state index contributed by atoms with van der Waals surface area (Å²) in [4.78, 5) is 31.1. The Hall–Kier alpha value is -2.22. The van der Waals surface area contributed by atoms with Crippen LogP contribution in [0.1, 0.15) is 22.9 Å². The van der Waals surface area contributed by atoms with Crippen LogP contribution in [0.5, 0.6) is 0 Å². The van der Waals surface area contributed by atoms with Crippen molar-refractivity contribution in [3.8, 4) is 0 Å². The van der Waals surface area contributed by atoms with E-state index >= 15 is 0 Å². The zero-order valence-electron chi connectivity index (χ0n) is 18.3. The molecule has 0 aliphatic carbocycles. The van der Waals surface area contributed by atoms with E-state index in [1.165, 1.54) is 14.7 Å². The van der Waals surface area contributed by atoms with E-state index in [1.807, 2.05) is 36.9 Å². The first-order chi connectivity index (χ1) is 14.5. The molecule has 1 fully saturated rings. The van der Waals surface area contributed by atoms with Gasteiger partial charge in [-0.3, -0.25) is 9.59 Å². The summed E-state index contributed by atoms with van der Waals surface area (Å²) < 4.78 is 0. The van der Waals surface area contributed by atoms with Crippen molar-refractivity contribution < 1.29 is 19.4 Å². The van der Waals surface area contributed by atoms with Crippen LogP contribution in [0, 0.1) is 13.8 Å². The highest BCUT2D eigenvalue weighted by Crippen LogP contribution is 2.18. The summed E-state index contributed by atoms with van der Waals surface area (Å²) >= 11 is 1.75. The molecule has 1 unspecified atom stereocenters. The first-order valence-electron chi connectivity index (χ1n) is 10.8. The fraction of sp³-hybridized carbons (Fsp3) is 0.478. The second kappa shape index (κ2) is 10.7. The van der Waals surface area contributed by atoms with Crippen LogP contribution in [0.4, 0.5) is 5.69 Å². The maximum Gasteiger partial charge on any atom is 0.279 e. The number of benzene rings is 1. The van der Waals surface area contributed by atoms with Crippen molar-refractivity contribution in [2.24, 2.45) is 0 Å². The van der Waals surface area contributed by atoms with Crippen molar-refractivity contribution in [2.45, 2.75) is 27.3 Å². The number of aryl methyl sites for hydroxylation is 2. The first kappa shape index (κ1) is 22.5. The monoisotopic (exact) mass is 430 g/mol. The Morgan fingerprint density at radius 2 is 1.83 bits per heavy atom. The number of likely N-dealkylation sites (N-methyl/N-ethyl adjacent to an activating group) is 1. The van der Waals surface area contributed by atoms with Crippen LogP contribution in [0.2, 0.25) is 0 Å². The number of rotatable bonds is 8. The van der Waals surface area contributed by atoms with Gasteiger partial charge in [0.1, 0.15) is 6.54 Å². The zero-order chi connectivity index (χ0) is 21.5. The summed E-state index contributed by atoms with van der Waals surface area (Å²) in [6.07, 6.45) is 0. The van der Waals surface area contributed by atoms with Crippen molar-refractivity contribution in [3.05, 3.63) is 51.7 Å². The molecule has 1 aliphatic heterocycles. The first-order valence-corrected chi connectivity index (χ1v) is 11.7.